The van der Waals surface area contributed by atoms with Gasteiger partial charge in [0.2, 0.25) is 0 Å². The Morgan fingerprint density at radius 1 is 1.22 bits per heavy atom. The lowest BCUT2D eigenvalue weighted by molar-refractivity contribution is -0.325. The molecule has 0 aliphatic rings. The van der Waals surface area contributed by atoms with Crippen LogP contribution in [-0.4, -0.2) is 30.7 Å². The molecule has 0 heterocycles. The number of hydrogen-bond acceptors (Lipinski definition) is 3. The van der Waals surface area contributed by atoms with Crippen molar-refractivity contribution in [3.8, 4) is 5.75 Å². The van der Waals surface area contributed by atoms with Gasteiger partial charge in [0.15, 0.2) is 0 Å². The molecule has 0 atom stereocenters. The molecule has 4 nitrogen and oxygen atoms in total. The van der Waals surface area contributed by atoms with Crippen LogP contribution in [0.2, 0.25) is 0 Å². The first-order valence-electron chi connectivity index (χ1n) is 4.65. The number of carbonyl (C=O) groups is 1. The van der Waals surface area contributed by atoms with E-state index in [2.05, 4.69) is 4.74 Å². The predicted octanol–water partition coefficient (Wildman–Crippen LogP) is 2.44. The molecule has 1 aromatic rings. The molecule has 0 saturated carbocycles. The van der Waals surface area contributed by atoms with Crippen LogP contribution in [0.4, 0.5) is 17.6 Å². The normalized spacial score (nSPS) is 11.3. The van der Waals surface area contributed by atoms with Crippen LogP contribution in [0.15, 0.2) is 18.2 Å². The summed E-state index contributed by atoms with van der Waals surface area (Å²) in [7, 11) is 0. The van der Waals surface area contributed by atoms with Gasteiger partial charge in [-0.2, -0.15) is 0 Å². The third-order valence-corrected chi connectivity index (χ3v) is 1.74. The summed E-state index contributed by atoms with van der Waals surface area (Å²) in [5.74, 6) is -2.41. The highest BCUT2D eigenvalue weighted by atomic mass is 19.4. The number of aromatic carboxylic acids is 1. The minimum absolute atomic E-state index is 0.182. The van der Waals surface area contributed by atoms with Crippen LogP contribution in [0.3, 0.4) is 0 Å². The molecule has 0 radical (unpaired) electrons. The summed E-state index contributed by atoms with van der Waals surface area (Å²) in [5.41, 5.74) is -0.360. The van der Waals surface area contributed by atoms with Crippen molar-refractivity contribution in [2.45, 2.75) is 6.36 Å². The number of carboxylic acids is 1. The van der Waals surface area contributed by atoms with Crippen molar-refractivity contribution in [3.63, 3.8) is 0 Å². The van der Waals surface area contributed by atoms with Gasteiger partial charge in [0.05, 0.1) is 12.2 Å². The Morgan fingerprint density at radius 2 is 1.89 bits per heavy atom. The molecule has 1 aromatic carbocycles. The van der Waals surface area contributed by atoms with Crippen LogP contribution < -0.4 is 4.74 Å². The van der Waals surface area contributed by atoms with E-state index in [4.69, 9.17) is 9.84 Å². The van der Waals surface area contributed by atoms with Crippen LogP contribution >= 0.6 is 0 Å². The third-order valence-electron chi connectivity index (χ3n) is 1.74. The number of rotatable bonds is 5. The van der Waals surface area contributed by atoms with Gasteiger partial charge >= 0.3 is 12.3 Å². The van der Waals surface area contributed by atoms with Crippen molar-refractivity contribution >= 4 is 5.97 Å². The average molecular weight is 268 g/mol. The third kappa shape index (κ3) is 5.00. The molecule has 0 aliphatic heterocycles. The summed E-state index contributed by atoms with van der Waals surface area (Å²) in [6.07, 6.45) is -4.77. The topological polar surface area (TPSA) is 55.8 Å². The first kappa shape index (κ1) is 14.2. The molecule has 0 aromatic heterocycles. The average Bonchev–Trinajstić information content (AvgIpc) is 2.22. The summed E-state index contributed by atoms with van der Waals surface area (Å²) in [5, 5.41) is 8.62. The Balaban J connectivity index is 2.55. The SMILES string of the molecule is O=C(O)c1cc(F)cc(OCCOC(F)(F)F)c1. The zero-order valence-corrected chi connectivity index (χ0v) is 8.83. The fourth-order valence-electron chi connectivity index (χ4n) is 1.09. The fourth-order valence-corrected chi connectivity index (χ4v) is 1.09. The molecule has 0 saturated heterocycles. The van der Waals surface area contributed by atoms with Crippen molar-refractivity contribution in [2.24, 2.45) is 0 Å². The summed E-state index contributed by atoms with van der Waals surface area (Å²) in [6.45, 7) is -1.26. The van der Waals surface area contributed by atoms with Gasteiger partial charge < -0.3 is 9.84 Å². The van der Waals surface area contributed by atoms with Crippen molar-refractivity contribution in [1.82, 2.24) is 0 Å². The van der Waals surface area contributed by atoms with Crippen LogP contribution in [0.25, 0.3) is 0 Å². The van der Waals surface area contributed by atoms with Crippen LogP contribution in [-0.2, 0) is 4.74 Å². The monoisotopic (exact) mass is 268 g/mol. The predicted molar refractivity (Wildman–Crippen MR) is 50.9 cm³/mol. The van der Waals surface area contributed by atoms with E-state index in [1.807, 2.05) is 0 Å². The smallest absolute Gasteiger partial charge is 0.491 e. The van der Waals surface area contributed by atoms with Crippen LogP contribution in [0.5, 0.6) is 5.75 Å². The molecule has 1 N–H and O–H groups in total. The van der Waals surface area contributed by atoms with Gasteiger partial charge in [-0.05, 0) is 12.1 Å². The van der Waals surface area contributed by atoms with E-state index in [1.165, 1.54) is 0 Å². The molecule has 0 bridgehead atoms. The molecule has 1 rings (SSSR count). The van der Waals surface area contributed by atoms with E-state index in [1.54, 1.807) is 0 Å². The van der Waals surface area contributed by atoms with Crippen LogP contribution in [0.1, 0.15) is 10.4 Å². The molecule has 0 amide bonds. The number of halogens is 4. The molecular weight excluding hydrogens is 260 g/mol. The summed E-state index contributed by atoms with van der Waals surface area (Å²) >= 11 is 0. The summed E-state index contributed by atoms with van der Waals surface area (Å²) in [6, 6.07) is 2.63. The van der Waals surface area contributed by atoms with Gasteiger partial charge in [-0.25, -0.2) is 9.18 Å². The number of benzene rings is 1. The highest BCUT2D eigenvalue weighted by Crippen LogP contribution is 2.18. The molecule has 0 fully saturated rings. The quantitative estimate of drug-likeness (QED) is 0.658. The number of carboxylic acid groups (broad SMARTS) is 1. The lowest BCUT2D eigenvalue weighted by Crippen LogP contribution is -2.18. The molecular formula is C10H8F4O4. The van der Waals surface area contributed by atoms with E-state index in [9.17, 15) is 22.4 Å². The molecule has 0 spiro atoms. The zero-order chi connectivity index (χ0) is 13.8. The number of ether oxygens (including phenoxy) is 2. The van der Waals surface area contributed by atoms with E-state index in [-0.39, 0.29) is 11.3 Å². The Hall–Kier alpha value is -1.83. The lowest BCUT2D eigenvalue weighted by Gasteiger charge is -2.09. The van der Waals surface area contributed by atoms with Crippen molar-refractivity contribution in [2.75, 3.05) is 13.2 Å². The molecule has 0 aliphatic carbocycles. The molecule has 8 heteroatoms. The van der Waals surface area contributed by atoms with Gasteiger partial charge in [0.25, 0.3) is 0 Å². The maximum absolute atomic E-state index is 12.9. The minimum atomic E-state index is -4.77. The maximum Gasteiger partial charge on any atom is 0.522 e. The molecule has 100 valence electrons. The van der Waals surface area contributed by atoms with E-state index < -0.39 is 31.4 Å². The summed E-state index contributed by atoms with van der Waals surface area (Å²) < 4.78 is 55.9. The van der Waals surface area contributed by atoms with Gasteiger partial charge in [0.1, 0.15) is 18.2 Å². The lowest BCUT2D eigenvalue weighted by atomic mass is 10.2. The Morgan fingerprint density at radius 3 is 2.44 bits per heavy atom. The first-order valence-corrected chi connectivity index (χ1v) is 4.65. The van der Waals surface area contributed by atoms with Crippen molar-refractivity contribution < 1.29 is 36.9 Å². The second-order valence-electron chi connectivity index (χ2n) is 3.12. The van der Waals surface area contributed by atoms with E-state index >= 15 is 0 Å². The first-order chi connectivity index (χ1) is 8.28. The second kappa shape index (κ2) is 5.67. The highest BCUT2D eigenvalue weighted by molar-refractivity contribution is 5.88. The maximum atomic E-state index is 12.9. The summed E-state index contributed by atoms with van der Waals surface area (Å²) in [4.78, 5) is 10.6. The molecule has 0 unspecified atom stereocenters. The van der Waals surface area contributed by atoms with Crippen molar-refractivity contribution in [1.29, 1.82) is 0 Å². The number of hydrogen-bond donors (Lipinski definition) is 1. The Bertz CT molecular complexity index is 430. The van der Waals surface area contributed by atoms with Crippen molar-refractivity contribution in [3.05, 3.63) is 29.6 Å². The fraction of sp³-hybridized carbons (Fsp3) is 0.300. The molecule has 18 heavy (non-hydrogen) atoms. The Kier molecular flexibility index (Phi) is 4.49. The highest BCUT2D eigenvalue weighted by Gasteiger charge is 2.28. The second-order valence-corrected chi connectivity index (χ2v) is 3.12. The Labute approximate surface area is 98.7 Å². The van der Waals surface area contributed by atoms with Gasteiger partial charge in [-0.1, -0.05) is 0 Å². The zero-order valence-electron chi connectivity index (χ0n) is 8.83. The number of alkyl halides is 3. The van der Waals surface area contributed by atoms with Gasteiger partial charge in [-0.3, -0.25) is 4.74 Å². The van der Waals surface area contributed by atoms with E-state index in [0.717, 1.165) is 18.2 Å². The largest absolute Gasteiger partial charge is 0.522 e. The van der Waals surface area contributed by atoms with Gasteiger partial charge in [-0.15, -0.1) is 13.2 Å². The van der Waals surface area contributed by atoms with Gasteiger partial charge in [0, 0.05) is 6.07 Å². The van der Waals surface area contributed by atoms with Crippen LogP contribution in [0, 0.1) is 5.82 Å². The minimum Gasteiger partial charge on any atom is -0.491 e. The standard InChI is InChI=1S/C10H8F4O4/c11-7-3-6(9(15)16)4-8(5-7)17-1-2-18-10(12,13)14/h3-5H,1-2H2,(H,15,16). The van der Waals surface area contributed by atoms with E-state index in [0.29, 0.717) is 0 Å².